The van der Waals surface area contributed by atoms with Crippen LogP contribution in [0, 0.1) is 10.1 Å². The first-order valence-electron chi connectivity index (χ1n) is 8.78. The SMILES string of the molecule is O=[N+]([O-])c1c(Nc2ncc(C(F)(F)F)cc2Cl)ncnc1N1CCN(CCO)CC1. The fourth-order valence-corrected chi connectivity index (χ4v) is 3.20. The minimum absolute atomic E-state index is 0.0165. The summed E-state index contributed by atoms with van der Waals surface area (Å²) < 4.78 is 38.3. The minimum atomic E-state index is -4.62. The van der Waals surface area contributed by atoms with Crippen molar-refractivity contribution in [1.82, 2.24) is 19.9 Å². The number of nitrogens with one attached hydrogen (secondary N) is 1. The van der Waals surface area contributed by atoms with Gasteiger partial charge in [-0.3, -0.25) is 15.0 Å². The number of hydrogen-bond donors (Lipinski definition) is 2. The van der Waals surface area contributed by atoms with Crippen molar-refractivity contribution in [2.24, 2.45) is 0 Å². The molecule has 1 aliphatic heterocycles. The predicted molar refractivity (Wildman–Crippen MR) is 102 cm³/mol. The summed E-state index contributed by atoms with van der Waals surface area (Å²) in [5, 5.41) is 22.9. The van der Waals surface area contributed by atoms with Gasteiger partial charge in [-0.15, -0.1) is 0 Å². The summed E-state index contributed by atoms with van der Waals surface area (Å²) >= 11 is 5.88. The third-order valence-corrected chi connectivity index (χ3v) is 4.77. The first-order valence-corrected chi connectivity index (χ1v) is 9.16. The molecule has 1 saturated heterocycles. The molecule has 0 radical (unpaired) electrons. The summed E-state index contributed by atoms with van der Waals surface area (Å²) in [7, 11) is 0. The maximum Gasteiger partial charge on any atom is 0.417 e. The Morgan fingerprint density at radius 3 is 2.47 bits per heavy atom. The Labute approximate surface area is 173 Å². The average molecular weight is 448 g/mol. The van der Waals surface area contributed by atoms with Crippen molar-refractivity contribution in [3.05, 3.63) is 39.3 Å². The van der Waals surface area contributed by atoms with Crippen LogP contribution in [-0.4, -0.2) is 69.2 Å². The van der Waals surface area contributed by atoms with E-state index in [1.807, 2.05) is 4.90 Å². The van der Waals surface area contributed by atoms with Gasteiger partial charge in [-0.05, 0) is 6.07 Å². The zero-order valence-corrected chi connectivity index (χ0v) is 16.2. The first kappa shape index (κ1) is 21.9. The number of nitrogens with zero attached hydrogens (tertiary/aromatic N) is 6. The van der Waals surface area contributed by atoms with E-state index in [1.54, 1.807) is 4.90 Å². The van der Waals surface area contributed by atoms with Gasteiger partial charge in [0.05, 0.1) is 22.1 Å². The van der Waals surface area contributed by atoms with E-state index in [1.165, 1.54) is 0 Å². The van der Waals surface area contributed by atoms with Crippen molar-refractivity contribution >= 4 is 34.7 Å². The van der Waals surface area contributed by atoms with Gasteiger partial charge in [0, 0.05) is 38.9 Å². The molecule has 3 rings (SSSR count). The molecule has 162 valence electrons. The first-order chi connectivity index (χ1) is 14.2. The molecule has 0 bridgehead atoms. The van der Waals surface area contributed by atoms with Crippen molar-refractivity contribution in [2.75, 3.05) is 49.5 Å². The maximum atomic E-state index is 12.8. The van der Waals surface area contributed by atoms with Gasteiger partial charge in [-0.2, -0.15) is 13.2 Å². The number of hydrogen-bond acceptors (Lipinski definition) is 9. The van der Waals surface area contributed by atoms with Gasteiger partial charge in [0.1, 0.15) is 6.33 Å². The lowest BCUT2D eigenvalue weighted by Gasteiger charge is -2.34. The number of aliphatic hydroxyl groups is 1. The summed E-state index contributed by atoms with van der Waals surface area (Å²) in [5.41, 5.74) is -1.48. The largest absolute Gasteiger partial charge is 0.417 e. The molecule has 0 spiro atoms. The van der Waals surface area contributed by atoms with E-state index in [0.717, 1.165) is 6.33 Å². The van der Waals surface area contributed by atoms with Crippen LogP contribution < -0.4 is 10.2 Å². The Balaban J connectivity index is 1.88. The smallest absolute Gasteiger partial charge is 0.395 e. The monoisotopic (exact) mass is 447 g/mol. The summed E-state index contributed by atoms with van der Waals surface area (Å²) in [4.78, 5) is 26.3. The molecule has 2 N–H and O–H groups in total. The molecule has 10 nitrogen and oxygen atoms in total. The standard InChI is InChI=1S/C16H17ClF3N7O3/c17-11-7-10(16(18,19)20)8-21-13(11)24-14-12(27(29)30)15(23-9-22-14)26-3-1-25(2-4-26)5-6-28/h7-9,28H,1-6H2,(H,21,22,23,24). The van der Waals surface area contributed by atoms with E-state index in [2.05, 4.69) is 20.3 Å². The second kappa shape index (κ2) is 8.93. The lowest BCUT2D eigenvalue weighted by atomic mass is 10.2. The maximum absolute atomic E-state index is 12.8. The Morgan fingerprint density at radius 1 is 1.20 bits per heavy atom. The normalized spacial score (nSPS) is 15.3. The van der Waals surface area contributed by atoms with E-state index >= 15 is 0 Å². The van der Waals surface area contributed by atoms with Crippen LogP contribution in [0.3, 0.4) is 0 Å². The molecule has 2 aromatic rings. The van der Waals surface area contributed by atoms with E-state index in [0.29, 0.717) is 45.0 Å². The van der Waals surface area contributed by atoms with Gasteiger partial charge in [0.2, 0.25) is 11.6 Å². The number of β-amino-alcohol motifs (C(OH)–C–C–N with tert-alkyl or cyclic N) is 1. The average Bonchev–Trinajstić information content (AvgIpc) is 2.69. The summed E-state index contributed by atoms with van der Waals surface area (Å²) in [6.07, 6.45) is -2.94. The molecule has 14 heteroatoms. The van der Waals surface area contributed by atoms with Gasteiger partial charge in [-0.25, -0.2) is 15.0 Å². The van der Waals surface area contributed by atoms with Crippen LogP contribution in [0.2, 0.25) is 5.02 Å². The summed E-state index contributed by atoms with van der Waals surface area (Å²) in [6, 6.07) is 0.672. The Morgan fingerprint density at radius 2 is 1.90 bits per heavy atom. The molecule has 3 heterocycles. The highest BCUT2D eigenvalue weighted by molar-refractivity contribution is 6.33. The number of piperazine rings is 1. The van der Waals surface area contributed by atoms with Crippen molar-refractivity contribution < 1.29 is 23.2 Å². The Hall–Kier alpha value is -2.77. The Bertz CT molecular complexity index is 923. The molecular formula is C16H17ClF3N7O3. The van der Waals surface area contributed by atoms with Crippen LogP contribution in [-0.2, 0) is 6.18 Å². The molecule has 0 atom stereocenters. The number of anilines is 3. The van der Waals surface area contributed by atoms with Gasteiger partial charge in [0.15, 0.2) is 5.82 Å². The van der Waals surface area contributed by atoms with Gasteiger partial charge >= 0.3 is 11.9 Å². The van der Waals surface area contributed by atoms with E-state index < -0.39 is 22.4 Å². The third-order valence-electron chi connectivity index (χ3n) is 4.48. The highest BCUT2D eigenvalue weighted by atomic mass is 35.5. The van der Waals surface area contributed by atoms with Crippen LogP contribution in [0.25, 0.3) is 0 Å². The van der Waals surface area contributed by atoms with Crippen LogP contribution >= 0.6 is 11.6 Å². The molecular weight excluding hydrogens is 431 g/mol. The quantitative estimate of drug-likeness (QED) is 0.507. The second-order valence-electron chi connectivity index (χ2n) is 6.38. The van der Waals surface area contributed by atoms with Crippen molar-refractivity contribution in [3.8, 4) is 0 Å². The van der Waals surface area contributed by atoms with Gasteiger partial charge in [-0.1, -0.05) is 11.6 Å². The van der Waals surface area contributed by atoms with Crippen molar-refractivity contribution in [2.45, 2.75) is 6.18 Å². The number of pyridine rings is 1. The molecule has 2 aromatic heterocycles. The predicted octanol–water partition coefficient (Wildman–Crippen LogP) is 2.31. The topological polar surface area (TPSA) is 121 Å². The number of rotatable bonds is 6. The van der Waals surface area contributed by atoms with Gasteiger partial charge in [0.25, 0.3) is 0 Å². The number of halogens is 4. The summed E-state index contributed by atoms with van der Waals surface area (Å²) in [5.74, 6) is -0.369. The second-order valence-corrected chi connectivity index (χ2v) is 6.79. The lowest BCUT2D eigenvalue weighted by Crippen LogP contribution is -2.47. The molecule has 0 amide bonds. The zero-order valence-electron chi connectivity index (χ0n) is 15.4. The van der Waals surface area contributed by atoms with Crippen LogP contribution in [0.4, 0.5) is 36.3 Å². The van der Waals surface area contributed by atoms with Crippen LogP contribution in [0.15, 0.2) is 18.6 Å². The van der Waals surface area contributed by atoms with E-state index in [9.17, 15) is 23.3 Å². The minimum Gasteiger partial charge on any atom is -0.395 e. The fraction of sp³-hybridized carbons (Fsp3) is 0.438. The number of aromatic nitrogens is 3. The molecule has 0 saturated carbocycles. The van der Waals surface area contributed by atoms with Crippen molar-refractivity contribution in [3.63, 3.8) is 0 Å². The molecule has 1 aliphatic rings. The molecule has 0 unspecified atom stereocenters. The molecule has 0 aliphatic carbocycles. The highest BCUT2D eigenvalue weighted by Gasteiger charge is 2.33. The molecule has 1 fully saturated rings. The van der Waals surface area contributed by atoms with Gasteiger partial charge < -0.3 is 15.3 Å². The summed E-state index contributed by atoms with van der Waals surface area (Å²) in [6.45, 7) is 2.56. The van der Waals surface area contributed by atoms with Crippen molar-refractivity contribution in [1.29, 1.82) is 0 Å². The number of nitro groups is 1. The van der Waals surface area contributed by atoms with E-state index in [-0.39, 0.29) is 29.1 Å². The Kier molecular flexibility index (Phi) is 6.53. The zero-order chi connectivity index (χ0) is 21.9. The number of aliphatic hydroxyl groups excluding tert-OH is 1. The number of alkyl halides is 3. The van der Waals surface area contributed by atoms with Crippen LogP contribution in [0.5, 0.6) is 0 Å². The lowest BCUT2D eigenvalue weighted by molar-refractivity contribution is -0.383. The van der Waals surface area contributed by atoms with E-state index in [4.69, 9.17) is 16.7 Å². The molecule has 0 aromatic carbocycles. The fourth-order valence-electron chi connectivity index (χ4n) is 2.98. The highest BCUT2D eigenvalue weighted by Crippen LogP contribution is 2.36. The third kappa shape index (κ3) is 4.86. The van der Waals surface area contributed by atoms with Crippen LogP contribution in [0.1, 0.15) is 5.56 Å². The molecule has 30 heavy (non-hydrogen) atoms.